The van der Waals surface area contributed by atoms with Crippen molar-refractivity contribution >= 4 is 17.2 Å². The van der Waals surface area contributed by atoms with Gasteiger partial charge in [0.2, 0.25) is 5.91 Å². The van der Waals surface area contributed by atoms with Crippen LogP contribution >= 0.6 is 11.3 Å². The first-order valence-electron chi connectivity index (χ1n) is 5.91. The van der Waals surface area contributed by atoms with Gasteiger partial charge in [0.05, 0.1) is 0 Å². The molecule has 3 N–H and O–H groups in total. The fraction of sp³-hybridized carbons (Fsp3) is 0.615. The molecule has 0 saturated carbocycles. The number of amides is 1. The van der Waals surface area contributed by atoms with Crippen LogP contribution in [0.15, 0.2) is 17.5 Å². The summed E-state index contributed by atoms with van der Waals surface area (Å²) in [5, 5.41) is 4.87. The number of rotatable bonds is 5. The van der Waals surface area contributed by atoms with Crippen molar-refractivity contribution in [3.05, 3.63) is 22.4 Å². The summed E-state index contributed by atoms with van der Waals surface area (Å²) >= 11 is 1.51. The Morgan fingerprint density at radius 1 is 1.53 bits per heavy atom. The molecule has 0 aliphatic heterocycles. The van der Waals surface area contributed by atoms with Crippen molar-refractivity contribution in [2.45, 2.75) is 33.7 Å². The third-order valence-electron chi connectivity index (χ3n) is 3.41. The Labute approximate surface area is 107 Å². The molecule has 0 radical (unpaired) electrons. The van der Waals surface area contributed by atoms with Crippen molar-refractivity contribution in [3.63, 3.8) is 0 Å². The van der Waals surface area contributed by atoms with Gasteiger partial charge in [-0.15, -0.1) is 11.3 Å². The molecule has 1 heterocycles. The van der Waals surface area contributed by atoms with Gasteiger partial charge >= 0.3 is 0 Å². The summed E-state index contributed by atoms with van der Waals surface area (Å²) in [7, 11) is 0. The van der Waals surface area contributed by atoms with Gasteiger partial charge in [0, 0.05) is 11.4 Å². The SMILES string of the molecule is CC(C)C(C)(C)CNC(=O)C(N)c1cccs1. The molecule has 3 nitrogen and oxygen atoms in total. The lowest BCUT2D eigenvalue weighted by Gasteiger charge is -2.29. The molecule has 96 valence electrons. The predicted octanol–water partition coefficient (Wildman–Crippen LogP) is 2.55. The van der Waals surface area contributed by atoms with E-state index in [-0.39, 0.29) is 11.3 Å². The molecule has 0 saturated heterocycles. The highest BCUT2D eigenvalue weighted by molar-refractivity contribution is 7.10. The molecule has 1 aromatic rings. The Bertz CT molecular complexity index is 358. The van der Waals surface area contributed by atoms with E-state index in [1.54, 1.807) is 0 Å². The number of hydrogen-bond donors (Lipinski definition) is 2. The lowest BCUT2D eigenvalue weighted by molar-refractivity contribution is -0.123. The van der Waals surface area contributed by atoms with E-state index in [1.165, 1.54) is 11.3 Å². The second-order valence-corrected chi connectivity index (χ2v) is 6.33. The number of carbonyl (C=O) groups excluding carboxylic acids is 1. The van der Waals surface area contributed by atoms with Crippen LogP contribution < -0.4 is 11.1 Å². The molecule has 0 aliphatic carbocycles. The number of thiophene rings is 1. The second-order valence-electron chi connectivity index (χ2n) is 5.35. The zero-order valence-corrected chi connectivity index (χ0v) is 11.8. The number of nitrogens with two attached hydrogens (primary N) is 1. The van der Waals surface area contributed by atoms with Crippen molar-refractivity contribution in [1.29, 1.82) is 0 Å². The minimum absolute atomic E-state index is 0.0881. The second kappa shape index (κ2) is 5.65. The largest absolute Gasteiger partial charge is 0.354 e. The van der Waals surface area contributed by atoms with Crippen LogP contribution in [0, 0.1) is 11.3 Å². The summed E-state index contributed by atoms with van der Waals surface area (Å²) in [6, 6.07) is 3.26. The summed E-state index contributed by atoms with van der Waals surface area (Å²) in [6.45, 7) is 9.27. The van der Waals surface area contributed by atoms with Gasteiger partial charge in [0.1, 0.15) is 6.04 Å². The van der Waals surface area contributed by atoms with Crippen molar-refractivity contribution in [2.24, 2.45) is 17.1 Å². The summed E-state index contributed by atoms with van der Waals surface area (Å²) < 4.78 is 0. The van der Waals surface area contributed by atoms with Crippen LogP contribution in [0.4, 0.5) is 0 Å². The molecular formula is C13H22N2OS. The quantitative estimate of drug-likeness (QED) is 0.848. The fourth-order valence-electron chi connectivity index (χ4n) is 1.23. The molecule has 0 spiro atoms. The first-order valence-corrected chi connectivity index (χ1v) is 6.79. The van der Waals surface area contributed by atoms with Gasteiger partial charge in [-0.3, -0.25) is 4.79 Å². The average Bonchev–Trinajstić information content (AvgIpc) is 2.78. The van der Waals surface area contributed by atoms with E-state index in [1.807, 2.05) is 17.5 Å². The van der Waals surface area contributed by atoms with Gasteiger partial charge in [-0.25, -0.2) is 0 Å². The van der Waals surface area contributed by atoms with Gasteiger partial charge < -0.3 is 11.1 Å². The number of carbonyl (C=O) groups is 1. The number of hydrogen-bond acceptors (Lipinski definition) is 3. The van der Waals surface area contributed by atoms with E-state index in [9.17, 15) is 4.79 Å². The molecule has 1 amide bonds. The van der Waals surface area contributed by atoms with Crippen molar-refractivity contribution in [3.8, 4) is 0 Å². The van der Waals surface area contributed by atoms with Gasteiger partial charge in [0.25, 0.3) is 0 Å². The molecule has 17 heavy (non-hydrogen) atoms. The molecule has 1 aromatic heterocycles. The topological polar surface area (TPSA) is 55.1 Å². The molecule has 4 heteroatoms. The third kappa shape index (κ3) is 3.82. The first kappa shape index (κ1) is 14.2. The van der Waals surface area contributed by atoms with Gasteiger partial charge in [0.15, 0.2) is 0 Å². The zero-order chi connectivity index (χ0) is 13.1. The van der Waals surface area contributed by atoms with E-state index in [4.69, 9.17) is 5.73 Å². The molecule has 1 rings (SSSR count). The van der Waals surface area contributed by atoms with Crippen LogP contribution in [-0.4, -0.2) is 12.5 Å². The Balaban J connectivity index is 2.51. The van der Waals surface area contributed by atoms with E-state index in [0.29, 0.717) is 12.5 Å². The van der Waals surface area contributed by atoms with Gasteiger partial charge in [-0.1, -0.05) is 33.8 Å². The van der Waals surface area contributed by atoms with Crippen molar-refractivity contribution in [2.75, 3.05) is 6.54 Å². The van der Waals surface area contributed by atoms with E-state index < -0.39 is 6.04 Å². The molecule has 1 unspecified atom stereocenters. The Morgan fingerprint density at radius 3 is 2.65 bits per heavy atom. The maximum Gasteiger partial charge on any atom is 0.242 e. The van der Waals surface area contributed by atoms with E-state index >= 15 is 0 Å². The maximum absolute atomic E-state index is 11.9. The highest BCUT2D eigenvalue weighted by atomic mass is 32.1. The van der Waals surface area contributed by atoms with Crippen LogP contribution in [0.3, 0.4) is 0 Å². The molecule has 0 aliphatic rings. The van der Waals surface area contributed by atoms with Crippen LogP contribution in [0.5, 0.6) is 0 Å². The minimum atomic E-state index is -0.544. The molecule has 0 bridgehead atoms. The van der Waals surface area contributed by atoms with Crippen molar-refractivity contribution in [1.82, 2.24) is 5.32 Å². The highest BCUT2D eigenvalue weighted by Crippen LogP contribution is 2.25. The van der Waals surface area contributed by atoms with Gasteiger partial charge in [-0.05, 0) is 22.8 Å². The van der Waals surface area contributed by atoms with Crippen LogP contribution in [0.2, 0.25) is 0 Å². The summed E-state index contributed by atoms with van der Waals surface area (Å²) in [6.07, 6.45) is 0. The molecular weight excluding hydrogens is 232 g/mol. The normalized spacial score (nSPS) is 13.8. The summed E-state index contributed by atoms with van der Waals surface area (Å²) in [5.41, 5.74) is 5.97. The fourth-order valence-corrected chi connectivity index (χ4v) is 1.95. The Hall–Kier alpha value is -0.870. The number of nitrogens with one attached hydrogen (secondary N) is 1. The van der Waals surface area contributed by atoms with E-state index in [2.05, 4.69) is 33.0 Å². The maximum atomic E-state index is 11.9. The average molecular weight is 254 g/mol. The molecule has 1 atom stereocenters. The minimum Gasteiger partial charge on any atom is -0.354 e. The Kier molecular flexibility index (Phi) is 4.71. The monoisotopic (exact) mass is 254 g/mol. The Morgan fingerprint density at radius 2 is 2.18 bits per heavy atom. The summed E-state index contributed by atoms with van der Waals surface area (Å²) in [5.74, 6) is 0.418. The van der Waals surface area contributed by atoms with Crippen LogP contribution in [-0.2, 0) is 4.79 Å². The predicted molar refractivity (Wildman–Crippen MR) is 72.9 cm³/mol. The molecule has 0 fully saturated rings. The smallest absolute Gasteiger partial charge is 0.242 e. The van der Waals surface area contributed by atoms with Crippen LogP contribution in [0.1, 0.15) is 38.6 Å². The first-order chi connectivity index (χ1) is 7.84. The highest BCUT2D eigenvalue weighted by Gasteiger charge is 2.24. The lowest BCUT2D eigenvalue weighted by atomic mass is 9.81. The summed E-state index contributed by atoms with van der Waals surface area (Å²) in [4.78, 5) is 12.8. The van der Waals surface area contributed by atoms with Crippen LogP contribution in [0.25, 0.3) is 0 Å². The van der Waals surface area contributed by atoms with Crippen molar-refractivity contribution < 1.29 is 4.79 Å². The van der Waals surface area contributed by atoms with Gasteiger partial charge in [-0.2, -0.15) is 0 Å². The third-order valence-corrected chi connectivity index (χ3v) is 4.37. The lowest BCUT2D eigenvalue weighted by Crippen LogP contribution is -2.41. The molecule has 0 aromatic carbocycles. The van der Waals surface area contributed by atoms with E-state index in [0.717, 1.165) is 4.88 Å². The standard InChI is InChI=1S/C13H22N2OS/c1-9(2)13(3,4)8-15-12(16)11(14)10-6-5-7-17-10/h5-7,9,11H,8,14H2,1-4H3,(H,15,16). The zero-order valence-electron chi connectivity index (χ0n) is 11.0.